The summed E-state index contributed by atoms with van der Waals surface area (Å²) in [7, 11) is 1.92. The smallest absolute Gasteiger partial charge is 0.219 e. The van der Waals surface area contributed by atoms with Gasteiger partial charge in [-0.05, 0) is 32.6 Å². The van der Waals surface area contributed by atoms with Gasteiger partial charge in [0.2, 0.25) is 5.88 Å². The lowest BCUT2D eigenvalue weighted by Crippen LogP contribution is -2.34. The zero-order valence-electron chi connectivity index (χ0n) is 16.6. The van der Waals surface area contributed by atoms with E-state index in [1.165, 1.54) is 19.3 Å². The van der Waals surface area contributed by atoms with E-state index in [1.54, 1.807) is 17.3 Å². The van der Waals surface area contributed by atoms with E-state index in [-0.39, 0.29) is 5.41 Å². The van der Waals surface area contributed by atoms with Gasteiger partial charge in [-0.3, -0.25) is 4.68 Å². The van der Waals surface area contributed by atoms with Crippen molar-refractivity contribution in [2.45, 2.75) is 33.1 Å². The van der Waals surface area contributed by atoms with Crippen molar-refractivity contribution in [1.82, 2.24) is 29.7 Å². The largest absolute Gasteiger partial charge is 0.477 e. The molecule has 4 heterocycles. The van der Waals surface area contributed by atoms with Crippen LogP contribution in [0.25, 0.3) is 11.0 Å². The molecular weight excluding hydrogens is 354 g/mol. The SMILES string of the molecule is Cc1ncnc(OCC23CCCC2CN(c2ncnc4c2cnn4C)C3)c1C. The molecule has 0 radical (unpaired) electrons. The third-order valence-electron chi connectivity index (χ3n) is 6.63. The first-order chi connectivity index (χ1) is 13.6. The van der Waals surface area contributed by atoms with E-state index in [2.05, 4.69) is 29.9 Å². The predicted molar refractivity (Wildman–Crippen MR) is 105 cm³/mol. The maximum atomic E-state index is 6.26. The van der Waals surface area contributed by atoms with Gasteiger partial charge in [0.15, 0.2) is 5.65 Å². The first-order valence-corrected chi connectivity index (χ1v) is 9.86. The summed E-state index contributed by atoms with van der Waals surface area (Å²) >= 11 is 0. The standard InChI is InChI=1S/C20H25N7O/c1-13-14(2)21-11-24-19(13)28-10-20-6-4-5-15(20)8-27(9-20)18-16-7-25-26(3)17(16)22-12-23-18/h7,11-12,15H,4-6,8-10H2,1-3H3. The Kier molecular flexibility index (Phi) is 3.96. The lowest BCUT2D eigenvalue weighted by Gasteiger charge is -2.29. The Morgan fingerprint density at radius 3 is 2.93 bits per heavy atom. The second-order valence-corrected chi connectivity index (χ2v) is 8.21. The summed E-state index contributed by atoms with van der Waals surface area (Å²) in [6.45, 7) is 6.65. The Bertz CT molecular complexity index is 1030. The highest BCUT2D eigenvalue weighted by atomic mass is 16.5. The van der Waals surface area contributed by atoms with Crippen LogP contribution in [-0.2, 0) is 7.05 Å². The van der Waals surface area contributed by atoms with E-state index >= 15 is 0 Å². The number of rotatable bonds is 4. The lowest BCUT2D eigenvalue weighted by atomic mass is 9.81. The quantitative estimate of drug-likeness (QED) is 0.689. The van der Waals surface area contributed by atoms with Crippen LogP contribution in [0.2, 0.25) is 0 Å². The molecule has 8 heteroatoms. The minimum absolute atomic E-state index is 0.144. The molecule has 1 aliphatic heterocycles. The van der Waals surface area contributed by atoms with Gasteiger partial charge in [0.1, 0.15) is 18.5 Å². The van der Waals surface area contributed by atoms with Crippen LogP contribution in [0.1, 0.15) is 30.5 Å². The summed E-state index contributed by atoms with van der Waals surface area (Å²) < 4.78 is 8.06. The van der Waals surface area contributed by atoms with Gasteiger partial charge >= 0.3 is 0 Å². The van der Waals surface area contributed by atoms with Crippen molar-refractivity contribution in [2.75, 3.05) is 24.6 Å². The fraction of sp³-hybridized carbons (Fsp3) is 0.550. The summed E-state index contributed by atoms with van der Waals surface area (Å²) in [5.74, 6) is 2.31. The topological polar surface area (TPSA) is 81.8 Å². The van der Waals surface area contributed by atoms with Crippen LogP contribution in [-0.4, -0.2) is 49.4 Å². The van der Waals surface area contributed by atoms with E-state index < -0.39 is 0 Å². The van der Waals surface area contributed by atoms with Crippen LogP contribution in [0.4, 0.5) is 5.82 Å². The number of anilines is 1. The third-order valence-corrected chi connectivity index (χ3v) is 6.63. The molecule has 146 valence electrons. The van der Waals surface area contributed by atoms with Crippen LogP contribution in [0.3, 0.4) is 0 Å². The Labute approximate surface area is 164 Å². The van der Waals surface area contributed by atoms with E-state index in [1.807, 2.05) is 27.1 Å². The average Bonchev–Trinajstić information content (AvgIpc) is 3.35. The molecule has 1 aliphatic carbocycles. The summed E-state index contributed by atoms with van der Waals surface area (Å²) in [6, 6.07) is 0. The van der Waals surface area contributed by atoms with Gasteiger partial charge in [0, 0.05) is 36.8 Å². The maximum Gasteiger partial charge on any atom is 0.219 e. The van der Waals surface area contributed by atoms with Crippen LogP contribution in [0, 0.1) is 25.2 Å². The van der Waals surface area contributed by atoms with Crippen molar-refractivity contribution in [2.24, 2.45) is 18.4 Å². The van der Waals surface area contributed by atoms with Crippen molar-refractivity contribution in [1.29, 1.82) is 0 Å². The molecule has 28 heavy (non-hydrogen) atoms. The molecule has 2 aliphatic rings. The summed E-state index contributed by atoms with van der Waals surface area (Å²) in [6.07, 6.45) is 8.78. The molecule has 1 saturated heterocycles. The zero-order chi connectivity index (χ0) is 19.3. The van der Waals surface area contributed by atoms with Crippen LogP contribution < -0.4 is 9.64 Å². The second-order valence-electron chi connectivity index (χ2n) is 8.21. The molecular formula is C20H25N7O. The van der Waals surface area contributed by atoms with Gasteiger partial charge in [-0.25, -0.2) is 19.9 Å². The fourth-order valence-electron chi connectivity index (χ4n) is 4.89. The first kappa shape index (κ1) is 17.3. The van der Waals surface area contributed by atoms with Gasteiger partial charge in [0.05, 0.1) is 18.2 Å². The minimum atomic E-state index is 0.144. The molecule has 0 N–H and O–H groups in total. The number of aryl methyl sites for hydroxylation is 2. The number of hydrogen-bond donors (Lipinski definition) is 0. The van der Waals surface area contributed by atoms with Crippen molar-refractivity contribution in [3.8, 4) is 5.88 Å². The molecule has 1 saturated carbocycles. The monoisotopic (exact) mass is 379 g/mol. The second kappa shape index (κ2) is 6.39. The highest BCUT2D eigenvalue weighted by Crippen LogP contribution is 2.50. The summed E-state index contributed by atoms with van der Waals surface area (Å²) in [5, 5.41) is 5.38. The third kappa shape index (κ3) is 2.62. The van der Waals surface area contributed by atoms with Crippen molar-refractivity contribution in [3.05, 3.63) is 30.1 Å². The fourth-order valence-corrected chi connectivity index (χ4v) is 4.89. The Balaban J connectivity index is 1.41. The molecule has 0 aromatic carbocycles. The number of ether oxygens (including phenoxy) is 1. The minimum Gasteiger partial charge on any atom is -0.477 e. The number of nitrogens with zero attached hydrogens (tertiary/aromatic N) is 7. The zero-order valence-corrected chi connectivity index (χ0v) is 16.6. The molecule has 8 nitrogen and oxygen atoms in total. The molecule has 0 amide bonds. The predicted octanol–water partition coefficient (Wildman–Crippen LogP) is 2.46. The number of fused-ring (bicyclic) bond motifs is 2. The molecule has 0 spiro atoms. The number of hydrogen-bond acceptors (Lipinski definition) is 7. The molecule has 2 atom stereocenters. The summed E-state index contributed by atoms with van der Waals surface area (Å²) in [4.78, 5) is 20.0. The van der Waals surface area contributed by atoms with E-state index in [9.17, 15) is 0 Å². The van der Waals surface area contributed by atoms with E-state index in [0.717, 1.165) is 41.2 Å². The first-order valence-electron chi connectivity index (χ1n) is 9.86. The summed E-state index contributed by atoms with van der Waals surface area (Å²) in [5.41, 5.74) is 3.01. The van der Waals surface area contributed by atoms with Crippen LogP contribution >= 0.6 is 0 Å². The van der Waals surface area contributed by atoms with Crippen molar-refractivity contribution >= 4 is 16.9 Å². The average molecular weight is 379 g/mol. The van der Waals surface area contributed by atoms with Crippen LogP contribution in [0.5, 0.6) is 5.88 Å². The highest BCUT2D eigenvalue weighted by Gasteiger charge is 2.50. The van der Waals surface area contributed by atoms with Crippen LogP contribution in [0.15, 0.2) is 18.9 Å². The lowest BCUT2D eigenvalue weighted by molar-refractivity contribution is 0.133. The van der Waals surface area contributed by atoms with Gasteiger partial charge in [-0.15, -0.1) is 0 Å². The Morgan fingerprint density at radius 2 is 2.04 bits per heavy atom. The molecule has 5 rings (SSSR count). The van der Waals surface area contributed by atoms with Gasteiger partial charge in [0.25, 0.3) is 0 Å². The van der Waals surface area contributed by atoms with Gasteiger partial charge in [-0.1, -0.05) is 6.42 Å². The molecule has 3 aromatic heterocycles. The highest BCUT2D eigenvalue weighted by molar-refractivity contribution is 5.86. The maximum absolute atomic E-state index is 6.26. The Hall–Kier alpha value is -2.77. The molecule has 2 unspecified atom stereocenters. The van der Waals surface area contributed by atoms with Crippen molar-refractivity contribution in [3.63, 3.8) is 0 Å². The Morgan fingerprint density at radius 1 is 1.18 bits per heavy atom. The van der Waals surface area contributed by atoms with E-state index in [4.69, 9.17) is 4.74 Å². The normalized spacial score (nSPS) is 24.1. The molecule has 3 aromatic rings. The van der Waals surface area contributed by atoms with Crippen molar-refractivity contribution < 1.29 is 4.74 Å². The molecule has 0 bridgehead atoms. The molecule has 2 fully saturated rings. The van der Waals surface area contributed by atoms with Gasteiger partial charge < -0.3 is 9.64 Å². The number of aromatic nitrogens is 6. The van der Waals surface area contributed by atoms with Gasteiger partial charge in [-0.2, -0.15) is 5.10 Å². The van der Waals surface area contributed by atoms with E-state index in [0.29, 0.717) is 18.4 Å².